The van der Waals surface area contributed by atoms with Crippen molar-refractivity contribution < 1.29 is 14.4 Å². The van der Waals surface area contributed by atoms with E-state index in [9.17, 15) is 9.90 Å². The number of benzene rings is 3. The number of hydrogen-bond acceptors (Lipinski definition) is 8. The fourth-order valence-corrected chi connectivity index (χ4v) is 5.05. The van der Waals surface area contributed by atoms with E-state index >= 15 is 0 Å². The van der Waals surface area contributed by atoms with Crippen molar-refractivity contribution in [2.24, 2.45) is 4.99 Å². The second kappa shape index (κ2) is 11.4. The van der Waals surface area contributed by atoms with Gasteiger partial charge in [-0.2, -0.15) is 4.98 Å². The highest BCUT2D eigenvalue weighted by molar-refractivity contribution is 6.22. The van der Waals surface area contributed by atoms with Crippen LogP contribution in [-0.2, 0) is 4.79 Å². The summed E-state index contributed by atoms with van der Waals surface area (Å²) in [7, 11) is 3.91. The summed E-state index contributed by atoms with van der Waals surface area (Å²) in [4.78, 5) is 31.3. The molecule has 1 aliphatic heterocycles. The second-order valence-corrected chi connectivity index (χ2v) is 10.2. The number of nitrogens with zero attached hydrogens (tertiary/aromatic N) is 6. The van der Waals surface area contributed by atoms with Crippen molar-refractivity contribution in [1.82, 2.24) is 24.9 Å². The Kier molecular flexibility index (Phi) is 7.32. The number of aliphatic imine (C=N–C) groups is 1. The van der Waals surface area contributed by atoms with E-state index in [2.05, 4.69) is 32.0 Å². The third-order valence-electron chi connectivity index (χ3n) is 7.49. The van der Waals surface area contributed by atoms with E-state index in [4.69, 9.17) is 9.52 Å². The van der Waals surface area contributed by atoms with Crippen LogP contribution in [-0.4, -0.2) is 88.5 Å². The van der Waals surface area contributed by atoms with Crippen LogP contribution in [0.15, 0.2) is 88.7 Å². The molecule has 10 heteroatoms. The molecule has 1 fully saturated rings. The Balaban J connectivity index is 1.30. The predicted molar refractivity (Wildman–Crippen MR) is 159 cm³/mol. The first-order valence-corrected chi connectivity index (χ1v) is 13.5. The molecule has 1 amide bonds. The molecule has 208 valence electrons. The number of hydrogen-bond donors (Lipinski definition) is 2. The number of carbonyl (C=O) groups excluding carboxylic acids is 1. The fraction of sp³-hybridized carbons (Fsp3) is 0.226. The number of anilines is 1. The summed E-state index contributed by atoms with van der Waals surface area (Å²) >= 11 is 0. The molecule has 0 aliphatic carbocycles. The Morgan fingerprint density at radius 2 is 1.80 bits per heavy atom. The SMILES string of the molecule is CN1CCN(CC(=O)N(C)c2ccc(N=C(c3ccccc3)c3c(O)[nH]c4cc(-c5ncon5)ccc34)cc2)CC1. The van der Waals surface area contributed by atoms with Gasteiger partial charge in [-0.15, -0.1) is 0 Å². The molecule has 3 aromatic carbocycles. The first-order valence-electron chi connectivity index (χ1n) is 13.5. The summed E-state index contributed by atoms with van der Waals surface area (Å²) in [6.07, 6.45) is 1.28. The zero-order valence-corrected chi connectivity index (χ0v) is 23.0. The van der Waals surface area contributed by atoms with Crippen molar-refractivity contribution in [3.05, 3.63) is 90.3 Å². The normalized spacial score (nSPS) is 14.9. The first-order chi connectivity index (χ1) is 20.0. The van der Waals surface area contributed by atoms with Crippen molar-refractivity contribution in [2.75, 3.05) is 51.7 Å². The summed E-state index contributed by atoms with van der Waals surface area (Å²) in [5, 5.41) is 15.8. The van der Waals surface area contributed by atoms with Gasteiger partial charge in [0.05, 0.1) is 23.5 Å². The zero-order valence-electron chi connectivity index (χ0n) is 23.0. The van der Waals surface area contributed by atoms with Gasteiger partial charge in [0.1, 0.15) is 0 Å². The molecule has 2 aromatic heterocycles. The van der Waals surface area contributed by atoms with Gasteiger partial charge in [0, 0.05) is 60.9 Å². The lowest BCUT2D eigenvalue weighted by molar-refractivity contribution is -0.119. The van der Waals surface area contributed by atoms with E-state index in [0.717, 1.165) is 53.9 Å². The van der Waals surface area contributed by atoms with Gasteiger partial charge in [-0.25, -0.2) is 4.99 Å². The van der Waals surface area contributed by atoms with Gasteiger partial charge in [0.15, 0.2) is 5.88 Å². The average molecular weight is 550 g/mol. The first kappa shape index (κ1) is 26.4. The maximum absolute atomic E-state index is 13.0. The minimum Gasteiger partial charge on any atom is -0.494 e. The molecule has 0 radical (unpaired) electrons. The van der Waals surface area contributed by atoms with Crippen LogP contribution in [0, 0.1) is 0 Å². The molecule has 6 rings (SSSR count). The average Bonchev–Trinajstić information content (AvgIpc) is 3.65. The third kappa shape index (κ3) is 5.60. The van der Waals surface area contributed by atoms with Crippen LogP contribution in [0.4, 0.5) is 11.4 Å². The molecule has 5 aromatic rings. The van der Waals surface area contributed by atoms with Crippen LogP contribution < -0.4 is 4.90 Å². The monoisotopic (exact) mass is 549 g/mol. The lowest BCUT2D eigenvalue weighted by Gasteiger charge is -2.32. The predicted octanol–water partition coefficient (Wildman–Crippen LogP) is 4.30. The minimum atomic E-state index is 0.0127. The van der Waals surface area contributed by atoms with Gasteiger partial charge < -0.3 is 24.4 Å². The van der Waals surface area contributed by atoms with Gasteiger partial charge >= 0.3 is 0 Å². The van der Waals surface area contributed by atoms with Crippen molar-refractivity contribution in [1.29, 1.82) is 0 Å². The van der Waals surface area contributed by atoms with Gasteiger partial charge in [-0.1, -0.05) is 47.6 Å². The smallest absolute Gasteiger partial charge is 0.240 e. The van der Waals surface area contributed by atoms with E-state index in [-0.39, 0.29) is 11.8 Å². The second-order valence-electron chi connectivity index (χ2n) is 10.2. The molecule has 1 aliphatic rings. The minimum absolute atomic E-state index is 0.0127. The van der Waals surface area contributed by atoms with E-state index in [1.165, 1.54) is 6.39 Å². The highest BCUT2D eigenvalue weighted by Crippen LogP contribution is 2.33. The lowest BCUT2D eigenvalue weighted by atomic mass is 10.00. The van der Waals surface area contributed by atoms with Gasteiger partial charge in [-0.3, -0.25) is 9.69 Å². The molecular formula is C31H31N7O3. The van der Waals surface area contributed by atoms with Crippen molar-refractivity contribution >= 4 is 33.9 Å². The van der Waals surface area contributed by atoms with Gasteiger partial charge in [0.2, 0.25) is 18.1 Å². The molecular weight excluding hydrogens is 518 g/mol. The Hall–Kier alpha value is -4.80. The third-order valence-corrected chi connectivity index (χ3v) is 7.49. The van der Waals surface area contributed by atoms with E-state index < -0.39 is 0 Å². The highest BCUT2D eigenvalue weighted by Gasteiger charge is 2.21. The van der Waals surface area contributed by atoms with Crippen molar-refractivity contribution in [3.63, 3.8) is 0 Å². The van der Waals surface area contributed by atoms with E-state index in [1.54, 1.807) is 11.9 Å². The van der Waals surface area contributed by atoms with Crippen molar-refractivity contribution in [3.8, 4) is 17.3 Å². The van der Waals surface area contributed by atoms with Crippen LogP contribution >= 0.6 is 0 Å². The number of piperazine rings is 1. The molecule has 0 spiro atoms. The van der Waals surface area contributed by atoms with Crippen LogP contribution in [0.5, 0.6) is 5.88 Å². The largest absolute Gasteiger partial charge is 0.494 e. The maximum atomic E-state index is 13.0. The van der Waals surface area contributed by atoms with E-state index in [0.29, 0.717) is 29.3 Å². The number of aromatic amines is 1. The summed E-state index contributed by atoms with van der Waals surface area (Å²) in [5.41, 5.74) is 5.05. The molecule has 2 N–H and O–H groups in total. The summed E-state index contributed by atoms with van der Waals surface area (Å²) in [6.45, 7) is 4.13. The lowest BCUT2D eigenvalue weighted by Crippen LogP contribution is -2.48. The topological polar surface area (TPSA) is 114 Å². The fourth-order valence-electron chi connectivity index (χ4n) is 5.05. The summed E-state index contributed by atoms with van der Waals surface area (Å²) in [6, 6.07) is 23.0. The highest BCUT2D eigenvalue weighted by atomic mass is 16.5. The van der Waals surface area contributed by atoms with Crippen LogP contribution in [0.2, 0.25) is 0 Å². The van der Waals surface area contributed by atoms with Crippen LogP contribution in [0.25, 0.3) is 22.3 Å². The molecule has 3 heterocycles. The number of aromatic nitrogens is 3. The zero-order chi connectivity index (χ0) is 28.3. The molecule has 0 bridgehead atoms. The van der Waals surface area contributed by atoms with E-state index in [1.807, 2.05) is 72.8 Å². The van der Waals surface area contributed by atoms with Gasteiger partial charge in [-0.05, 0) is 37.4 Å². The Morgan fingerprint density at radius 3 is 2.51 bits per heavy atom. The maximum Gasteiger partial charge on any atom is 0.240 e. The number of H-pyrrole nitrogens is 1. The van der Waals surface area contributed by atoms with Crippen LogP contribution in [0.1, 0.15) is 11.1 Å². The standard InChI is InChI=1S/C31H31N7O3/c1-36-14-16-38(17-15-36)19-27(39)37(2)24-11-9-23(10-12-24)33-29(21-6-4-3-5-7-21)28-25-13-8-22(30-32-20-41-35-30)18-26(25)34-31(28)40/h3-13,18,20,34,40H,14-17,19H2,1-2H3. The Morgan fingerprint density at radius 1 is 1.05 bits per heavy atom. The number of likely N-dealkylation sites (N-methyl/N-ethyl adjacent to an activating group) is 2. The molecule has 0 atom stereocenters. The molecule has 41 heavy (non-hydrogen) atoms. The number of amides is 1. The number of rotatable bonds is 7. The molecule has 1 saturated heterocycles. The molecule has 10 nitrogen and oxygen atoms in total. The number of nitrogens with one attached hydrogen (secondary N) is 1. The quantitative estimate of drug-likeness (QED) is 0.291. The Bertz CT molecular complexity index is 1670. The molecule has 0 saturated carbocycles. The Labute approximate surface area is 237 Å². The van der Waals surface area contributed by atoms with Crippen LogP contribution in [0.3, 0.4) is 0 Å². The summed E-state index contributed by atoms with van der Waals surface area (Å²) < 4.78 is 4.88. The van der Waals surface area contributed by atoms with Crippen molar-refractivity contribution in [2.45, 2.75) is 0 Å². The van der Waals surface area contributed by atoms with Gasteiger partial charge in [0.25, 0.3) is 0 Å². The number of aromatic hydroxyl groups is 1. The number of carbonyl (C=O) groups is 1. The molecule has 0 unspecified atom stereocenters. The summed E-state index contributed by atoms with van der Waals surface area (Å²) in [5.74, 6) is 0.532. The number of fused-ring (bicyclic) bond motifs is 1.